The largest absolute Gasteiger partial charge is 0.341 e. The van der Waals surface area contributed by atoms with Crippen molar-refractivity contribution in [1.82, 2.24) is 4.90 Å². The number of carbonyl (C=O) groups excluding carboxylic acids is 1. The van der Waals surface area contributed by atoms with Gasteiger partial charge in [-0.2, -0.15) is 0 Å². The number of benzene rings is 1. The summed E-state index contributed by atoms with van der Waals surface area (Å²) >= 11 is 11.9. The summed E-state index contributed by atoms with van der Waals surface area (Å²) in [6, 6.07) is 5.42. The van der Waals surface area contributed by atoms with Gasteiger partial charge in [-0.3, -0.25) is 4.79 Å². The van der Waals surface area contributed by atoms with Crippen molar-refractivity contribution in [3.63, 3.8) is 0 Å². The van der Waals surface area contributed by atoms with Gasteiger partial charge in [-0.1, -0.05) is 42.1 Å². The maximum atomic E-state index is 12.2. The van der Waals surface area contributed by atoms with Crippen LogP contribution in [0, 0.1) is 0 Å². The fourth-order valence-corrected chi connectivity index (χ4v) is 3.01. The summed E-state index contributed by atoms with van der Waals surface area (Å²) in [6.07, 6.45) is 4.56. The lowest BCUT2D eigenvalue weighted by Gasteiger charge is -2.26. The molecule has 1 saturated carbocycles. The minimum Gasteiger partial charge on any atom is -0.341 e. The molecule has 2 rings (SSSR count). The number of nitrogens with two attached hydrogens (primary N) is 1. The van der Waals surface area contributed by atoms with Crippen LogP contribution >= 0.6 is 23.2 Å². The van der Waals surface area contributed by atoms with Crippen LogP contribution in [0.3, 0.4) is 0 Å². The van der Waals surface area contributed by atoms with Gasteiger partial charge in [0.1, 0.15) is 0 Å². The Morgan fingerprint density at radius 1 is 1.30 bits per heavy atom. The molecule has 3 nitrogen and oxygen atoms in total. The standard InChI is InChI=1S/C15H20Cl2N2O/c1-19(10-11-4-5-12(16)13(17)8-11)14(20)9-15(18)6-2-3-7-15/h4-5,8H,2-3,6-7,9-10,18H2,1H3. The molecular formula is C15H20Cl2N2O. The summed E-state index contributed by atoms with van der Waals surface area (Å²) in [5, 5.41) is 1.03. The third-order valence-corrected chi connectivity index (χ3v) is 4.67. The topological polar surface area (TPSA) is 46.3 Å². The first-order valence-electron chi connectivity index (χ1n) is 6.86. The van der Waals surface area contributed by atoms with Gasteiger partial charge < -0.3 is 10.6 Å². The maximum absolute atomic E-state index is 12.2. The lowest BCUT2D eigenvalue weighted by molar-refractivity contribution is -0.131. The van der Waals surface area contributed by atoms with Crippen molar-refractivity contribution in [1.29, 1.82) is 0 Å². The molecule has 1 aromatic carbocycles. The molecule has 2 N–H and O–H groups in total. The van der Waals surface area contributed by atoms with Crippen LogP contribution in [0.5, 0.6) is 0 Å². The first-order valence-corrected chi connectivity index (χ1v) is 7.62. The van der Waals surface area contributed by atoms with Crippen LogP contribution in [0.1, 0.15) is 37.7 Å². The van der Waals surface area contributed by atoms with Crippen molar-refractivity contribution < 1.29 is 4.79 Å². The van der Waals surface area contributed by atoms with Crippen LogP contribution in [0.25, 0.3) is 0 Å². The molecule has 0 aliphatic heterocycles. The maximum Gasteiger partial charge on any atom is 0.224 e. The van der Waals surface area contributed by atoms with E-state index in [9.17, 15) is 4.79 Å². The fraction of sp³-hybridized carbons (Fsp3) is 0.533. The van der Waals surface area contributed by atoms with E-state index in [1.54, 1.807) is 24.1 Å². The van der Waals surface area contributed by atoms with Crippen LogP contribution in [0.2, 0.25) is 10.0 Å². The molecule has 1 aliphatic rings. The van der Waals surface area contributed by atoms with Gasteiger partial charge in [-0.05, 0) is 30.5 Å². The van der Waals surface area contributed by atoms with Crippen LogP contribution in [-0.4, -0.2) is 23.4 Å². The molecule has 5 heteroatoms. The second-order valence-electron chi connectivity index (χ2n) is 5.74. The van der Waals surface area contributed by atoms with Gasteiger partial charge in [0, 0.05) is 25.6 Å². The zero-order valence-electron chi connectivity index (χ0n) is 11.7. The van der Waals surface area contributed by atoms with Crippen molar-refractivity contribution in [2.75, 3.05) is 7.05 Å². The quantitative estimate of drug-likeness (QED) is 0.922. The van der Waals surface area contributed by atoms with Crippen molar-refractivity contribution in [3.8, 4) is 0 Å². The molecule has 1 amide bonds. The second-order valence-corrected chi connectivity index (χ2v) is 6.56. The zero-order chi connectivity index (χ0) is 14.8. The summed E-state index contributed by atoms with van der Waals surface area (Å²) < 4.78 is 0. The molecule has 1 aliphatic carbocycles. The molecule has 1 aromatic rings. The van der Waals surface area contributed by atoms with Crippen LogP contribution < -0.4 is 5.73 Å². The number of amides is 1. The van der Waals surface area contributed by atoms with E-state index >= 15 is 0 Å². The summed E-state index contributed by atoms with van der Waals surface area (Å²) in [5.41, 5.74) is 6.91. The van der Waals surface area contributed by atoms with Crippen molar-refractivity contribution in [2.24, 2.45) is 5.73 Å². The van der Waals surface area contributed by atoms with E-state index in [0.717, 1.165) is 31.2 Å². The number of hydrogen-bond acceptors (Lipinski definition) is 2. The van der Waals surface area contributed by atoms with Gasteiger partial charge in [-0.25, -0.2) is 0 Å². The molecule has 20 heavy (non-hydrogen) atoms. The smallest absolute Gasteiger partial charge is 0.224 e. The lowest BCUT2D eigenvalue weighted by Crippen LogP contribution is -2.42. The molecule has 1 fully saturated rings. The molecule has 0 bridgehead atoms. The Morgan fingerprint density at radius 3 is 2.55 bits per heavy atom. The van der Waals surface area contributed by atoms with Gasteiger partial charge in [0.2, 0.25) is 5.91 Å². The van der Waals surface area contributed by atoms with Crippen LogP contribution in [0.4, 0.5) is 0 Å². The highest BCUT2D eigenvalue weighted by Gasteiger charge is 2.32. The van der Waals surface area contributed by atoms with Gasteiger partial charge in [-0.15, -0.1) is 0 Å². The Balaban J connectivity index is 1.95. The summed E-state index contributed by atoms with van der Waals surface area (Å²) in [6.45, 7) is 0.520. The SMILES string of the molecule is CN(Cc1ccc(Cl)c(Cl)c1)C(=O)CC1(N)CCCC1. The fourth-order valence-electron chi connectivity index (χ4n) is 2.69. The molecule has 0 radical (unpaired) electrons. The Labute approximate surface area is 130 Å². The van der Waals surface area contributed by atoms with E-state index in [-0.39, 0.29) is 11.4 Å². The number of nitrogens with zero attached hydrogens (tertiary/aromatic N) is 1. The number of halogens is 2. The average molecular weight is 315 g/mol. The van der Waals surface area contributed by atoms with E-state index in [1.165, 1.54) is 0 Å². The first-order chi connectivity index (χ1) is 9.39. The Hall–Kier alpha value is -0.770. The molecule has 0 saturated heterocycles. The van der Waals surface area contributed by atoms with Gasteiger partial charge >= 0.3 is 0 Å². The third kappa shape index (κ3) is 3.87. The zero-order valence-corrected chi connectivity index (χ0v) is 13.2. The molecule has 110 valence electrons. The highest BCUT2D eigenvalue weighted by molar-refractivity contribution is 6.42. The highest BCUT2D eigenvalue weighted by Crippen LogP contribution is 2.30. The Morgan fingerprint density at radius 2 is 1.95 bits per heavy atom. The minimum atomic E-state index is -0.303. The molecule has 0 heterocycles. The van der Waals surface area contributed by atoms with Crippen molar-refractivity contribution >= 4 is 29.1 Å². The monoisotopic (exact) mass is 314 g/mol. The van der Waals surface area contributed by atoms with Crippen LogP contribution in [0.15, 0.2) is 18.2 Å². The van der Waals surface area contributed by atoms with E-state index in [1.807, 2.05) is 6.07 Å². The summed E-state index contributed by atoms with van der Waals surface area (Å²) in [4.78, 5) is 13.9. The second kappa shape index (κ2) is 6.33. The number of hydrogen-bond donors (Lipinski definition) is 1. The van der Waals surface area contributed by atoms with E-state index in [2.05, 4.69) is 0 Å². The predicted molar refractivity (Wildman–Crippen MR) is 82.9 cm³/mol. The van der Waals surface area contributed by atoms with E-state index < -0.39 is 0 Å². The highest BCUT2D eigenvalue weighted by atomic mass is 35.5. The number of rotatable bonds is 4. The van der Waals surface area contributed by atoms with Gasteiger partial charge in [0.25, 0.3) is 0 Å². The molecule has 0 spiro atoms. The van der Waals surface area contributed by atoms with Gasteiger partial charge in [0.05, 0.1) is 10.0 Å². The van der Waals surface area contributed by atoms with Crippen LogP contribution in [-0.2, 0) is 11.3 Å². The predicted octanol–water partition coefficient (Wildman–Crippen LogP) is 3.61. The molecule has 0 unspecified atom stereocenters. The van der Waals surface area contributed by atoms with E-state index in [0.29, 0.717) is 23.0 Å². The average Bonchev–Trinajstić information content (AvgIpc) is 2.80. The van der Waals surface area contributed by atoms with Gasteiger partial charge in [0.15, 0.2) is 0 Å². The summed E-state index contributed by atoms with van der Waals surface area (Å²) in [5.74, 6) is 0.0838. The lowest BCUT2D eigenvalue weighted by atomic mass is 9.94. The molecule has 0 atom stereocenters. The number of carbonyl (C=O) groups is 1. The third-order valence-electron chi connectivity index (χ3n) is 3.93. The molecular weight excluding hydrogens is 295 g/mol. The van der Waals surface area contributed by atoms with Crippen molar-refractivity contribution in [3.05, 3.63) is 33.8 Å². The normalized spacial score (nSPS) is 17.2. The Bertz CT molecular complexity index is 499. The summed E-state index contributed by atoms with van der Waals surface area (Å²) in [7, 11) is 1.79. The minimum absolute atomic E-state index is 0.0838. The van der Waals surface area contributed by atoms with Crippen molar-refractivity contribution in [2.45, 2.75) is 44.2 Å². The first kappa shape index (κ1) is 15.6. The van der Waals surface area contributed by atoms with E-state index in [4.69, 9.17) is 28.9 Å². The molecule has 0 aromatic heterocycles. The Kier molecular flexibility index (Phi) is 4.95.